The molecule has 4 heterocycles. The van der Waals surface area contributed by atoms with Crippen molar-refractivity contribution in [3.8, 4) is 17.0 Å². The van der Waals surface area contributed by atoms with Crippen LogP contribution in [0.5, 0.6) is 5.75 Å². The van der Waals surface area contributed by atoms with Crippen molar-refractivity contribution in [3.63, 3.8) is 0 Å². The summed E-state index contributed by atoms with van der Waals surface area (Å²) in [7, 11) is 1.72. The molecule has 6 heteroatoms. The molecule has 4 aliphatic rings. The fourth-order valence-electron chi connectivity index (χ4n) is 8.56. The highest BCUT2D eigenvalue weighted by Gasteiger charge is 2.42. The molecule has 7 rings (SSSR count). The summed E-state index contributed by atoms with van der Waals surface area (Å²) in [4.78, 5) is 39.5. The van der Waals surface area contributed by atoms with Crippen molar-refractivity contribution in [3.05, 3.63) is 53.1 Å². The molecule has 1 aromatic heterocycles. The van der Waals surface area contributed by atoms with Crippen molar-refractivity contribution >= 4 is 28.9 Å². The maximum Gasteiger partial charge on any atom is 0.223 e. The second-order valence-corrected chi connectivity index (χ2v) is 12.8. The summed E-state index contributed by atoms with van der Waals surface area (Å²) in [5, 5.41) is 1.28. The smallest absolute Gasteiger partial charge is 0.223 e. The lowest BCUT2D eigenvalue weighted by Crippen LogP contribution is -2.46. The number of hydrogen-bond donors (Lipinski definition) is 0. The van der Waals surface area contributed by atoms with E-state index in [-0.39, 0.29) is 23.9 Å². The van der Waals surface area contributed by atoms with Gasteiger partial charge >= 0.3 is 0 Å². The average Bonchev–Trinajstić information content (AvgIpc) is 3.41. The minimum atomic E-state index is 0.104. The Balaban J connectivity index is 1.28. The SMILES string of the molecule is COc1ccc2c(c1)C(CCC(=O)N1C3CCC1CC(=O)C3)CCn1c-2c(C2CCCCC2)c2ccc(C=O)cc21. The number of nitrogens with zero attached hydrogens (tertiary/aromatic N) is 2. The molecule has 2 bridgehead atoms. The molecule has 1 aliphatic carbocycles. The minimum Gasteiger partial charge on any atom is -0.497 e. The van der Waals surface area contributed by atoms with E-state index < -0.39 is 0 Å². The third-order valence-corrected chi connectivity index (χ3v) is 10.5. The summed E-state index contributed by atoms with van der Waals surface area (Å²) in [6.45, 7) is 0.847. The van der Waals surface area contributed by atoms with Crippen LogP contribution in [0.3, 0.4) is 0 Å². The van der Waals surface area contributed by atoms with Crippen molar-refractivity contribution < 1.29 is 19.1 Å². The van der Waals surface area contributed by atoms with Crippen LogP contribution in [0.15, 0.2) is 36.4 Å². The molecule has 2 aromatic carbocycles. The third kappa shape index (κ3) is 4.60. The Bertz CT molecular complexity index is 1500. The zero-order valence-corrected chi connectivity index (χ0v) is 24.1. The highest BCUT2D eigenvalue weighted by molar-refractivity contribution is 5.96. The molecule has 3 aromatic rings. The number of hydrogen-bond acceptors (Lipinski definition) is 4. The molecular formula is C35H40N2O4. The second-order valence-electron chi connectivity index (χ2n) is 12.8. The molecule has 2 saturated heterocycles. The van der Waals surface area contributed by atoms with E-state index in [4.69, 9.17) is 4.74 Å². The number of rotatable bonds is 6. The second kappa shape index (κ2) is 10.8. The van der Waals surface area contributed by atoms with Gasteiger partial charge in [-0.25, -0.2) is 0 Å². The van der Waals surface area contributed by atoms with Gasteiger partial charge in [0, 0.05) is 59.9 Å². The standard InChI is InChI=1S/C35H40N2O4/c1-41-28-11-13-29-31(20-28)23(8-14-33(40)37-25-9-10-26(37)19-27(39)18-25)15-16-36-32-17-22(21-38)7-12-30(32)34(35(29)36)24-5-3-2-4-6-24/h7,11-13,17,20-21,23-26H,2-6,8-10,14-16,18-19H2,1H3. The van der Waals surface area contributed by atoms with E-state index in [2.05, 4.69) is 39.8 Å². The molecule has 214 valence electrons. The van der Waals surface area contributed by atoms with Crippen molar-refractivity contribution in [2.75, 3.05) is 7.11 Å². The summed E-state index contributed by atoms with van der Waals surface area (Å²) in [6.07, 6.45) is 12.3. The van der Waals surface area contributed by atoms with Crippen LogP contribution in [0.25, 0.3) is 22.2 Å². The Morgan fingerprint density at radius 1 is 0.976 bits per heavy atom. The highest BCUT2D eigenvalue weighted by atomic mass is 16.5. The molecule has 3 aliphatic heterocycles. The molecule has 3 unspecified atom stereocenters. The topological polar surface area (TPSA) is 68.6 Å². The molecule has 0 N–H and O–H groups in total. The Labute approximate surface area is 242 Å². The number of fused-ring (bicyclic) bond motifs is 7. The monoisotopic (exact) mass is 552 g/mol. The number of aromatic nitrogens is 1. The summed E-state index contributed by atoms with van der Waals surface area (Å²) < 4.78 is 8.18. The number of amides is 1. The first-order chi connectivity index (χ1) is 20.1. The first-order valence-corrected chi connectivity index (χ1v) is 15.7. The van der Waals surface area contributed by atoms with E-state index in [0.717, 1.165) is 49.8 Å². The molecule has 0 radical (unpaired) electrons. The maximum absolute atomic E-state index is 13.6. The van der Waals surface area contributed by atoms with Gasteiger partial charge in [0.05, 0.1) is 12.8 Å². The summed E-state index contributed by atoms with van der Waals surface area (Å²) in [6, 6.07) is 12.9. The van der Waals surface area contributed by atoms with Gasteiger partial charge in [-0.05, 0) is 85.8 Å². The Morgan fingerprint density at radius 3 is 2.49 bits per heavy atom. The number of piperidine rings is 1. The largest absolute Gasteiger partial charge is 0.497 e. The van der Waals surface area contributed by atoms with Crippen molar-refractivity contribution in [2.45, 2.75) is 108 Å². The fourth-order valence-corrected chi connectivity index (χ4v) is 8.56. The molecule has 6 nitrogen and oxygen atoms in total. The summed E-state index contributed by atoms with van der Waals surface area (Å²) >= 11 is 0. The van der Waals surface area contributed by atoms with Crippen molar-refractivity contribution in [2.24, 2.45) is 0 Å². The van der Waals surface area contributed by atoms with Crippen LogP contribution in [0, 0.1) is 0 Å². The molecule has 41 heavy (non-hydrogen) atoms. The number of ether oxygens (including phenoxy) is 1. The molecule has 3 atom stereocenters. The van der Waals surface area contributed by atoms with Gasteiger partial charge in [0.2, 0.25) is 5.91 Å². The first kappa shape index (κ1) is 26.5. The normalized spacial score (nSPS) is 24.2. The average molecular weight is 553 g/mol. The fraction of sp³-hybridized carbons (Fsp3) is 0.514. The molecule has 3 fully saturated rings. The van der Waals surface area contributed by atoms with Gasteiger partial charge < -0.3 is 14.2 Å². The zero-order chi connectivity index (χ0) is 28.1. The van der Waals surface area contributed by atoms with Crippen LogP contribution in [0.1, 0.15) is 110 Å². The molecule has 1 amide bonds. The summed E-state index contributed by atoms with van der Waals surface area (Å²) in [5.74, 6) is 2.10. The van der Waals surface area contributed by atoms with E-state index >= 15 is 0 Å². The predicted octanol–water partition coefficient (Wildman–Crippen LogP) is 7.17. The summed E-state index contributed by atoms with van der Waals surface area (Å²) in [5.41, 5.74) is 7.11. The van der Waals surface area contributed by atoms with Gasteiger partial charge in [-0.1, -0.05) is 31.4 Å². The Hall–Kier alpha value is -3.41. The highest BCUT2D eigenvalue weighted by Crippen LogP contribution is 2.49. The van der Waals surface area contributed by atoms with E-state index in [0.29, 0.717) is 36.5 Å². The quantitative estimate of drug-likeness (QED) is 0.304. The van der Waals surface area contributed by atoms with Crippen LogP contribution in [0.2, 0.25) is 0 Å². The number of carbonyl (C=O) groups is 3. The molecule has 0 spiro atoms. The van der Waals surface area contributed by atoms with E-state index in [9.17, 15) is 14.4 Å². The predicted molar refractivity (Wildman–Crippen MR) is 160 cm³/mol. The number of methoxy groups -OCH3 is 1. The van der Waals surface area contributed by atoms with Crippen LogP contribution < -0.4 is 4.74 Å². The lowest BCUT2D eigenvalue weighted by Gasteiger charge is -2.34. The number of ketones is 1. The van der Waals surface area contributed by atoms with Gasteiger partial charge in [-0.15, -0.1) is 0 Å². The van der Waals surface area contributed by atoms with Gasteiger partial charge in [-0.3, -0.25) is 14.4 Å². The van der Waals surface area contributed by atoms with Gasteiger partial charge in [0.1, 0.15) is 17.8 Å². The lowest BCUT2D eigenvalue weighted by atomic mass is 9.80. The Morgan fingerprint density at radius 2 is 1.76 bits per heavy atom. The third-order valence-electron chi connectivity index (χ3n) is 10.5. The molecular weight excluding hydrogens is 512 g/mol. The number of benzene rings is 2. The van der Waals surface area contributed by atoms with Gasteiger partial charge in [0.15, 0.2) is 0 Å². The number of aldehydes is 1. The van der Waals surface area contributed by atoms with Crippen LogP contribution >= 0.6 is 0 Å². The Kier molecular flexibility index (Phi) is 6.96. The maximum atomic E-state index is 13.6. The van der Waals surface area contributed by atoms with E-state index in [1.807, 2.05) is 6.07 Å². The van der Waals surface area contributed by atoms with E-state index in [1.54, 1.807) is 7.11 Å². The van der Waals surface area contributed by atoms with Crippen molar-refractivity contribution in [1.82, 2.24) is 9.47 Å². The minimum absolute atomic E-state index is 0.104. The van der Waals surface area contributed by atoms with Gasteiger partial charge in [-0.2, -0.15) is 0 Å². The van der Waals surface area contributed by atoms with Crippen LogP contribution in [0.4, 0.5) is 0 Å². The first-order valence-electron chi connectivity index (χ1n) is 15.7. The number of Topliss-reactive ketones (excluding diaryl/α,β-unsaturated/α-hetero) is 1. The van der Waals surface area contributed by atoms with Crippen LogP contribution in [-0.2, 0) is 16.1 Å². The molecule has 1 saturated carbocycles. The number of carbonyl (C=O) groups excluding carboxylic acids is 3. The van der Waals surface area contributed by atoms with Crippen LogP contribution in [-0.4, -0.2) is 46.6 Å². The lowest BCUT2D eigenvalue weighted by molar-refractivity contribution is -0.138. The van der Waals surface area contributed by atoms with E-state index in [1.165, 1.54) is 59.9 Å². The van der Waals surface area contributed by atoms with Gasteiger partial charge in [0.25, 0.3) is 0 Å². The number of aryl methyl sites for hydroxylation is 1. The van der Waals surface area contributed by atoms with Crippen molar-refractivity contribution in [1.29, 1.82) is 0 Å². The zero-order valence-electron chi connectivity index (χ0n) is 24.1.